The molecule has 1 unspecified atom stereocenters. The minimum atomic E-state index is 0.432. The summed E-state index contributed by atoms with van der Waals surface area (Å²) in [5.41, 5.74) is 14.3. The number of allylic oxidation sites excluding steroid dienone is 1. The van der Waals surface area contributed by atoms with E-state index in [0.717, 1.165) is 12.1 Å². The van der Waals surface area contributed by atoms with Gasteiger partial charge in [0, 0.05) is 30.1 Å². The number of nitrogens with zero attached hydrogens (tertiary/aromatic N) is 2. The van der Waals surface area contributed by atoms with Gasteiger partial charge < -0.3 is 4.90 Å². The van der Waals surface area contributed by atoms with Gasteiger partial charge in [-0.05, 0) is 80.6 Å². The average Bonchev–Trinajstić information content (AvgIpc) is 3.35. The fourth-order valence-corrected chi connectivity index (χ4v) is 6.83. The van der Waals surface area contributed by atoms with Crippen LogP contribution in [0.3, 0.4) is 0 Å². The lowest BCUT2D eigenvalue weighted by Crippen LogP contribution is -2.12. The van der Waals surface area contributed by atoms with Crippen LogP contribution in [0.15, 0.2) is 128 Å². The van der Waals surface area contributed by atoms with Crippen molar-refractivity contribution in [3.05, 3.63) is 144 Å². The summed E-state index contributed by atoms with van der Waals surface area (Å²) < 4.78 is 0. The van der Waals surface area contributed by atoms with E-state index in [9.17, 15) is 0 Å². The Bertz CT molecular complexity index is 1940. The number of aromatic nitrogens is 1. The molecule has 2 aliphatic rings. The van der Waals surface area contributed by atoms with Crippen LogP contribution in [-0.4, -0.2) is 12.0 Å². The molecule has 40 heavy (non-hydrogen) atoms. The van der Waals surface area contributed by atoms with E-state index < -0.39 is 0 Å². The van der Waals surface area contributed by atoms with Gasteiger partial charge in [0.2, 0.25) is 0 Å². The second kappa shape index (κ2) is 9.07. The summed E-state index contributed by atoms with van der Waals surface area (Å²) in [6.07, 6.45) is 9.45. The predicted molar refractivity (Wildman–Crippen MR) is 168 cm³/mol. The quantitative estimate of drug-likeness (QED) is 0.234. The third kappa shape index (κ3) is 3.46. The highest BCUT2D eigenvalue weighted by molar-refractivity contribution is 6.10. The fourth-order valence-electron chi connectivity index (χ4n) is 6.83. The maximum absolute atomic E-state index is 4.41. The Kier molecular flexibility index (Phi) is 5.21. The Morgan fingerprint density at radius 2 is 1.52 bits per heavy atom. The minimum Gasteiger partial charge on any atom is -0.342 e. The average molecular weight is 513 g/mol. The molecular formula is C38H28N2. The second-order valence-corrected chi connectivity index (χ2v) is 10.8. The van der Waals surface area contributed by atoms with Crippen molar-refractivity contribution in [3.8, 4) is 33.4 Å². The molecule has 8 rings (SSSR count). The molecule has 1 heterocycles. The van der Waals surface area contributed by atoms with E-state index in [0.29, 0.717) is 5.92 Å². The third-order valence-electron chi connectivity index (χ3n) is 8.66. The third-order valence-corrected chi connectivity index (χ3v) is 8.66. The lowest BCUT2D eigenvalue weighted by molar-refractivity contribution is 0.844. The number of pyridine rings is 1. The first-order valence-electron chi connectivity index (χ1n) is 14.0. The van der Waals surface area contributed by atoms with Crippen LogP contribution < -0.4 is 4.90 Å². The van der Waals surface area contributed by atoms with E-state index in [1.54, 1.807) is 0 Å². The van der Waals surface area contributed by atoms with E-state index in [-0.39, 0.29) is 0 Å². The van der Waals surface area contributed by atoms with Crippen LogP contribution in [0, 0.1) is 0 Å². The molecule has 5 aromatic carbocycles. The van der Waals surface area contributed by atoms with E-state index in [1.807, 2.05) is 18.5 Å². The molecule has 2 nitrogen and oxygen atoms in total. The number of rotatable bonds is 4. The Hall–Kier alpha value is -4.95. The zero-order valence-electron chi connectivity index (χ0n) is 22.4. The topological polar surface area (TPSA) is 16.1 Å². The second-order valence-electron chi connectivity index (χ2n) is 10.8. The minimum absolute atomic E-state index is 0.432. The van der Waals surface area contributed by atoms with Crippen molar-refractivity contribution in [3.63, 3.8) is 0 Å². The molecule has 2 aliphatic carbocycles. The summed E-state index contributed by atoms with van der Waals surface area (Å²) in [6.45, 7) is 0. The zero-order chi connectivity index (χ0) is 26.6. The summed E-state index contributed by atoms with van der Waals surface area (Å²) >= 11 is 0. The van der Waals surface area contributed by atoms with Crippen LogP contribution in [0.5, 0.6) is 0 Å². The molecule has 0 fully saturated rings. The molecule has 190 valence electrons. The van der Waals surface area contributed by atoms with Crippen LogP contribution in [-0.2, 0) is 0 Å². The molecule has 0 saturated heterocycles. The van der Waals surface area contributed by atoms with E-state index >= 15 is 0 Å². The first-order chi connectivity index (χ1) is 19.8. The fraction of sp³-hybridized carbons (Fsp3) is 0.0789. The Morgan fingerprint density at radius 1 is 0.675 bits per heavy atom. The number of anilines is 2. The van der Waals surface area contributed by atoms with Gasteiger partial charge >= 0.3 is 0 Å². The van der Waals surface area contributed by atoms with Crippen molar-refractivity contribution in [2.24, 2.45) is 0 Å². The molecule has 0 amide bonds. The number of hydrogen-bond donors (Lipinski definition) is 0. The van der Waals surface area contributed by atoms with Gasteiger partial charge in [-0.1, -0.05) is 97.1 Å². The molecule has 1 aromatic heterocycles. The van der Waals surface area contributed by atoms with Crippen molar-refractivity contribution in [1.82, 2.24) is 4.98 Å². The van der Waals surface area contributed by atoms with Gasteiger partial charge in [-0.25, -0.2) is 0 Å². The van der Waals surface area contributed by atoms with E-state index in [2.05, 4.69) is 132 Å². The van der Waals surface area contributed by atoms with Gasteiger partial charge in [-0.2, -0.15) is 0 Å². The largest absolute Gasteiger partial charge is 0.342 e. The van der Waals surface area contributed by atoms with Gasteiger partial charge in [0.05, 0.1) is 17.6 Å². The zero-order valence-corrected chi connectivity index (χ0v) is 22.4. The summed E-state index contributed by atoms with van der Waals surface area (Å²) in [5.74, 6) is 0.432. The molecule has 0 spiro atoms. The summed E-state index contributed by atoms with van der Waals surface area (Å²) in [7, 11) is 2.14. The first-order valence-corrected chi connectivity index (χ1v) is 14.0. The molecule has 2 heteroatoms. The van der Waals surface area contributed by atoms with Gasteiger partial charge in [0.1, 0.15) is 0 Å². The highest BCUT2D eigenvalue weighted by atomic mass is 15.1. The molecule has 6 aromatic rings. The molecule has 0 radical (unpaired) electrons. The Labute approximate surface area is 234 Å². The Morgan fingerprint density at radius 3 is 2.38 bits per heavy atom. The lowest BCUT2D eigenvalue weighted by Gasteiger charge is -2.26. The predicted octanol–water partition coefficient (Wildman–Crippen LogP) is 9.87. The van der Waals surface area contributed by atoms with Crippen LogP contribution >= 0.6 is 0 Å². The standard InChI is InChI=1S/C38H28N2/c1-40(28-14-9-21-39-24-28)38-33-16-6-5-15-29(33)34(23-35(38)25-10-3-2-4-11-25)27-19-20-30-31-17-7-12-26-13-8-18-32(37(26)31)36(30)22-27/h2-17,19-24,32H,18H2,1H3. The van der Waals surface area contributed by atoms with Gasteiger partial charge in [0.25, 0.3) is 0 Å². The normalized spacial score (nSPS) is 14.7. The number of fused-ring (bicyclic) bond motifs is 4. The number of hydrogen-bond acceptors (Lipinski definition) is 2. The van der Waals surface area contributed by atoms with Gasteiger partial charge in [0.15, 0.2) is 0 Å². The summed E-state index contributed by atoms with van der Waals surface area (Å²) in [5, 5.41) is 2.49. The van der Waals surface area contributed by atoms with Crippen LogP contribution in [0.25, 0.3) is 50.2 Å². The van der Waals surface area contributed by atoms with Crippen LogP contribution in [0.4, 0.5) is 11.4 Å². The van der Waals surface area contributed by atoms with E-state index in [1.165, 1.54) is 66.5 Å². The van der Waals surface area contributed by atoms with Crippen molar-refractivity contribution in [1.29, 1.82) is 0 Å². The molecule has 0 bridgehead atoms. The summed E-state index contributed by atoms with van der Waals surface area (Å²) in [6, 6.07) is 40.0. The maximum Gasteiger partial charge on any atom is 0.0594 e. The molecule has 0 saturated carbocycles. The van der Waals surface area contributed by atoms with Crippen molar-refractivity contribution in [2.75, 3.05) is 11.9 Å². The summed E-state index contributed by atoms with van der Waals surface area (Å²) in [4.78, 5) is 6.68. The van der Waals surface area contributed by atoms with E-state index in [4.69, 9.17) is 0 Å². The number of benzene rings is 5. The molecular weight excluding hydrogens is 484 g/mol. The highest BCUT2D eigenvalue weighted by Gasteiger charge is 2.31. The maximum atomic E-state index is 4.41. The van der Waals surface area contributed by atoms with Crippen molar-refractivity contribution < 1.29 is 0 Å². The molecule has 1 atom stereocenters. The van der Waals surface area contributed by atoms with Crippen molar-refractivity contribution in [2.45, 2.75) is 12.3 Å². The molecule has 0 aliphatic heterocycles. The smallest absolute Gasteiger partial charge is 0.0594 e. The highest BCUT2D eigenvalue weighted by Crippen LogP contribution is 2.52. The van der Waals surface area contributed by atoms with Gasteiger partial charge in [-0.3, -0.25) is 4.98 Å². The molecule has 0 N–H and O–H groups in total. The van der Waals surface area contributed by atoms with Crippen LogP contribution in [0.2, 0.25) is 0 Å². The Balaban J connectivity index is 1.38. The monoisotopic (exact) mass is 512 g/mol. The first kappa shape index (κ1) is 23.0. The lowest BCUT2D eigenvalue weighted by atomic mass is 9.85. The van der Waals surface area contributed by atoms with Crippen molar-refractivity contribution >= 4 is 28.2 Å². The van der Waals surface area contributed by atoms with Gasteiger partial charge in [-0.15, -0.1) is 0 Å². The SMILES string of the molecule is CN(c1cccnc1)c1c(-c2ccccc2)cc(-c2ccc3c(c2)C2CC=Cc4cccc-3c42)c2ccccc12. The van der Waals surface area contributed by atoms with Crippen LogP contribution in [0.1, 0.15) is 29.0 Å².